The molecule has 17 heteroatoms. The number of halogens is 3. The van der Waals surface area contributed by atoms with Gasteiger partial charge >= 0.3 is 115 Å². The average molecular weight is 725 g/mol. The second-order valence-corrected chi connectivity index (χ2v) is 10.6. The summed E-state index contributed by atoms with van der Waals surface area (Å²) >= 11 is 11.7. The minimum absolute atomic E-state index is 0. The standard InChI is InChI=1S/C14H16ClNO3.C8H5ClFN.C5H11NO3.CH2O3.2K.H/c1-8-9(5-6-11(16-4)12(8)15)7-10(13(17)18)14(2,3)19;1-5-6(10)3-4-7(11-2)8(5)9;1-5(2,9)3(6)4(7)8;2-1-4-3;;;/h5-6,10,19H,7H2,1-3H3,(H,17,18);3-4H,1H3;3,9H,6H2,1-2H3,(H,7,8);1,3H;;;/q;;;;2*+1;-1/p-1/t10-;;3-;;;;/m0.0..../s1. The van der Waals surface area contributed by atoms with E-state index < -0.39 is 35.1 Å². The third-order valence-electron chi connectivity index (χ3n) is 5.66. The summed E-state index contributed by atoms with van der Waals surface area (Å²) in [6.45, 7) is 22.4. The maximum atomic E-state index is 12.7. The van der Waals surface area contributed by atoms with E-state index in [2.05, 4.69) is 14.6 Å². The Morgan fingerprint density at radius 1 is 0.978 bits per heavy atom. The van der Waals surface area contributed by atoms with Crippen LogP contribution in [0, 0.1) is 38.7 Å². The van der Waals surface area contributed by atoms with Crippen molar-refractivity contribution in [3.05, 3.63) is 79.7 Å². The predicted octanol–water partition coefficient (Wildman–Crippen LogP) is -1.72. The molecule has 0 aliphatic heterocycles. The zero-order valence-electron chi connectivity index (χ0n) is 27.2. The van der Waals surface area contributed by atoms with Crippen molar-refractivity contribution in [2.75, 3.05) is 0 Å². The Bertz CT molecular complexity index is 1360. The average Bonchev–Trinajstić information content (AvgIpc) is 2.91. The Hall–Kier alpha value is -0.547. The van der Waals surface area contributed by atoms with Crippen molar-refractivity contribution in [3.8, 4) is 0 Å². The molecule has 0 bridgehead atoms. The van der Waals surface area contributed by atoms with E-state index in [1.807, 2.05) is 0 Å². The summed E-state index contributed by atoms with van der Waals surface area (Å²) in [5, 5.41) is 45.3. The van der Waals surface area contributed by atoms with E-state index in [-0.39, 0.29) is 128 Å². The van der Waals surface area contributed by atoms with Crippen molar-refractivity contribution >= 4 is 53.0 Å². The monoisotopic (exact) mass is 723 g/mol. The van der Waals surface area contributed by atoms with Crippen molar-refractivity contribution in [1.82, 2.24) is 0 Å². The van der Waals surface area contributed by atoms with E-state index in [4.69, 9.17) is 62.3 Å². The van der Waals surface area contributed by atoms with Crippen LogP contribution in [0.1, 0.15) is 45.8 Å². The molecule has 0 radical (unpaired) electrons. The number of nitrogens with zero attached hydrogens (tertiary/aromatic N) is 2. The van der Waals surface area contributed by atoms with Gasteiger partial charge in [0, 0.05) is 0 Å². The summed E-state index contributed by atoms with van der Waals surface area (Å²) in [4.78, 5) is 39.0. The molecule has 238 valence electrons. The summed E-state index contributed by atoms with van der Waals surface area (Å²) < 4.78 is 12.7. The number of nitrogens with two attached hydrogens (primary N) is 1. The van der Waals surface area contributed by atoms with E-state index in [1.165, 1.54) is 39.8 Å². The molecule has 2 aromatic rings. The van der Waals surface area contributed by atoms with E-state index in [1.54, 1.807) is 26.0 Å². The number of aliphatic hydroxyl groups is 2. The van der Waals surface area contributed by atoms with Gasteiger partial charge in [-0.05, 0) is 70.7 Å². The number of hydrogen-bond acceptors (Lipinski definition) is 8. The number of benzene rings is 2. The van der Waals surface area contributed by atoms with Gasteiger partial charge in [0.1, 0.15) is 11.9 Å². The van der Waals surface area contributed by atoms with Gasteiger partial charge < -0.3 is 37.7 Å². The molecule has 2 aromatic carbocycles. The third-order valence-corrected chi connectivity index (χ3v) is 6.61. The molecule has 0 heterocycles. The molecule has 0 aliphatic rings. The SMILES string of the molecule is CC(C)(O)[C@@H](N)C(=O)O.O=CO[O-].[C-]#[N+]c1ccc(C[C@@H](C(=O)O)C(C)(C)O)c(C)c1Cl.[C-]#[N+]c1ccc(F)c(C)c1Cl.[H-].[K+].[K+]. The summed E-state index contributed by atoms with van der Waals surface area (Å²) in [5.41, 5.74) is 4.76. The summed E-state index contributed by atoms with van der Waals surface area (Å²) in [7, 11) is 0. The molecular formula is C28H34Cl2FK2N3O9. The van der Waals surface area contributed by atoms with Crippen LogP contribution < -0.4 is 114 Å². The van der Waals surface area contributed by atoms with Crippen LogP contribution in [0.5, 0.6) is 0 Å². The fraction of sp³-hybridized carbons (Fsp3) is 0.393. The van der Waals surface area contributed by atoms with Gasteiger partial charge in [0.2, 0.25) is 11.4 Å². The molecule has 0 fully saturated rings. The third kappa shape index (κ3) is 19.1. The van der Waals surface area contributed by atoms with Gasteiger partial charge in [0.05, 0.1) is 40.3 Å². The Labute approximate surface area is 357 Å². The van der Waals surface area contributed by atoms with E-state index >= 15 is 0 Å². The topological polar surface area (TPSA) is 199 Å². The molecule has 45 heavy (non-hydrogen) atoms. The number of hydrogen-bond donors (Lipinski definition) is 5. The fourth-order valence-corrected chi connectivity index (χ4v) is 3.34. The number of carboxylic acid groups (broad SMARTS) is 2. The first-order chi connectivity index (χ1) is 19.6. The van der Waals surface area contributed by atoms with E-state index in [0.29, 0.717) is 27.5 Å². The molecule has 0 spiro atoms. The second kappa shape index (κ2) is 24.6. The molecule has 2 atom stereocenters. The van der Waals surface area contributed by atoms with Crippen LogP contribution in [0.4, 0.5) is 15.8 Å². The number of carboxylic acids is 2. The van der Waals surface area contributed by atoms with Crippen molar-refractivity contribution in [1.29, 1.82) is 0 Å². The van der Waals surface area contributed by atoms with Crippen LogP contribution in [-0.2, 0) is 25.7 Å². The van der Waals surface area contributed by atoms with E-state index in [9.17, 15) is 24.2 Å². The molecule has 0 saturated heterocycles. The van der Waals surface area contributed by atoms with Gasteiger partial charge in [-0.3, -0.25) is 14.4 Å². The number of aliphatic carboxylic acids is 2. The Balaban J connectivity index is -0.000000178. The van der Waals surface area contributed by atoms with Gasteiger partial charge in [-0.15, -0.1) is 0 Å². The van der Waals surface area contributed by atoms with Crippen LogP contribution >= 0.6 is 23.2 Å². The first-order valence-corrected chi connectivity index (χ1v) is 12.7. The predicted molar refractivity (Wildman–Crippen MR) is 156 cm³/mol. The summed E-state index contributed by atoms with van der Waals surface area (Å²) in [6.07, 6.45) is 0.169. The molecule has 6 N–H and O–H groups in total. The van der Waals surface area contributed by atoms with Crippen molar-refractivity contribution in [3.63, 3.8) is 0 Å². The van der Waals surface area contributed by atoms with Gasteiger partial charge in [-0.25, -0.2) is 14.1 Å². The Morgan fingerprint density at radius 3 is 1.67 bits per heavy atom. The molecule has 0 aromatic heterocycles. The molecule has 0 aliphatic carbocycles. The summed E-state index contributed by atoms with van der Waals surface area (Å²) in [6, 6.07) is 4.67. The number of carbonyl (C=O) groups is 3. The zero-order chi connectivity index (χ0) is 34.3. The molecule has 0 amide bonds. The normalized spacial score (nSPS) is 11.2. The van der Waals surface area contributed by atoms with Gasteiger partial charge in [-0.1, -0.05) is 41.4 Å². The molecular weight excluding hydrogens is 690 g/mol. The van der Waals surface area contributed by atoms with Crippen molar-refractivity contribution in [2.45, 2.75) is 65.2 Å². The molecule has 0 unspecified atom stereocenters. The smallest absolute Gasteiger partial charge is 1.00 e. The number of rotatable bonds is 7. The molecule has 2 rings (SSSR count). The molecule has 12 nitrogen and oxygen atoms in total. The quantitative estimate of drug-likeness (QED) is 0.0720. The van der Waals surface area contributed by atoms with Crippen LogP contribution in [0.3, 0.4) is 0 Å². The van der Waals surface area contributed by atoms with Gasteiger partial charge in [0.15, 0.2) is 0 Å². The first-order valence-electron chi connectivity index (χ1n) is 12.0. The second-order valence-electron chi connectivity index (χ2n) is 9.82. The van der Waals surface area contributed by atoms with Crippen LogP contribution in [0.15, 0.2) is 24.3 Å². The van der Waals surface area contributed by atoms with E-state index in [0.717, 1.165) is 5.56 Å². The molecule has 0 saturated carbocycles. The van der Waals surface area contributed by atoms with Gasteiger partial charge in [0.25, 0.3) is 6.47 Å². The summed E-state index contributed by atoms with van der Waals surface area (Å²) in [5.74, 6) is -3.55. The minimum atomic E-state index is -1.34. The fourth-order valence-electron chi connectivity index (χ4n) is 2.91. The van der Waals surface area contributed by atoms with Crippen molar-refractivity contribution in [2.24, 2.45) is 11.7 Å². The van der Waals surface area contributed by atoms with Crippen LogP contribution in [0.25, 0.3) is 9.69 Å². The Morgan fingerprint density at radius 2 is 1.38 bits per heavy atom. The Kier molecular flexibility index (Phi) is 28.0. The first kappa shape index (κ1) is 51.3. The van der Waals surface area contributed by atoms with Gasteiger partial charge in [-0.2, -0.15) is 0 Å². The largest absolute Gasteiger partial charge is 1.00 e. The van der Waals surface area contributed by atoms with Crippen molar-refractivity contribution < 1.29 is 154 Å². The zero-order valence-corrected chi connectivity index (χ0v) is 33.9. The van der Waals surface area contributed by atoms with Crippen LogP contribution in [-0.4, -0.2) is 56.1 Å². The van der Waals surface area contributed by atoms with Crippen LogP contribution in [0.2, 0.25) is 10.0 Å². The maximum Gasteiger partial charge on any atom is 1.00 e. The maximum absolute atomic E-state index is 12.7. The minimum Gasteiger partial charge on any atom is -1.00 e. The number of carbonyl (C=O) groups excluding carboxylic acids is 1.